The smallest absolute Gasteiger partial charge is 0.235 e. The SMILES string of the molecule is Nc1ccc(Oc2nc3ccccc3[pH]2)c(Cl)c1. The van der Waals surface area contributed by atoms with Gasteiger partial charge in [0.25, 0.3) is 0 Å². The molecule has 2 aromatic carbocycles. The second-order valence-electron chi connectivity index (χ2n) is 3.85. The molecular weight excluding hydrogens is 267 g/mol. The first-order valence-corrected chi connectivity index (χ1v) is 6.78. The predicted octanol–water partition coefficient (Wildman–Crippen LogP) is 4.29. The number of nitrogen functional groups attached to an aromatic ring is 1. The second-order valence-corrected chi connectivity index (χ2v) is 5.47. The van der Waals surface area contributed by atoms with Gasteiger partial charge < -0.3 is 10.5 Å². The minimum absolute atomic E-state index is 0.428. The quantitative estimate of drug-likeness (QED) is 0.710. The largest absolute Gasteiger partial charge is 0.434 e. The Labute approximate surface area is 111 Å². The summed E-state index contributed by atoms with van der Waals surface area (Å²) in [6.07, 6.45) is 0. The Kier molecular flexibility index (Phi) is 2.86. The minimum atomic E-state index is 0.428. The van der Waals surface area contributed by atoms with Gasteiger partial charge in [-0.05, 0) is 30.3 Å². The molecule has 1 aromatic heterocycles. The molecule has 90 valence electrons. The Morgan fingerprint density at radius 2 is 2.00 bits per heavy atom. The Balaban J connectivity index is 1.96. The van der Waals surface area contributed by atoms with Crippen LogP contribution in [0, 0.1) is 0 Å². The Hall–Kier alpha value is -1.70. The van der Waals surface area contributed by atoms with Gasteiger partial charge in [-0.25, -0.2) is 4.98 Å². The molecule has 0 aliphatic rings. The number of rotatable bonds is 2. The topological polar surface area (TPSA) is 48.1 Å². The molecule has 0 fully saturated rings. The van der Waals surface area contributed by atoms with Crippen LogP contribution in [0.4, 0.5) is 5.69 Å². The molecule has 0 aliphatic carbocycles. The number of para-hydroxylation sites is 1. The molecular formula is C13H10ClN2OP. The van der Waals surface area contributed by atoms with Crippen molar-refractivity contribution in [3.05, 3.63) is 47.5 Å². The highest BCUT2D eigenvalue weighted by Crippen LogP contribution is 2.38. The van der Waals surface area contributed by atoms with E-state index in [1.54, 1.807) is 18.2 Å². The highest BCUT2D eigenvalue weighted by atomic mass is 35.5. The van der Waals surface area contributed by atoms with Crippen LogP contribution in [-0.4, -0.2) is 4.98 Å². The normalized spacial score (nSPS) is 11.2. The van der Waals surface area contributed by atoms with Crippen molar-refractivity contribution in [3.63, 3.8) is 0 Å². The van der Waals surface area contributed by atoms with Gasteiger partial charge in [0.2, 0.25) is 5.61 Å². The zero-order chi connectivity index (χ0) is 12.5. The monoisotopic (exact) mass is 276 g/mol. The van der Waals surface area contributed by atoms with E-state index in [-0.39, 0.29) is 0 Å². The van der Waals surface area contributed by atoms with Gasteiger partial charge in [0.1, 0.15) is 5.75 Å². The van der Waals surface area contributed by atoms with E-state index in [1.807, 2.05) is 18.2 Å². The van der Waals surface area contributed by atoms with Gasteiger partial charge >= 0.3 is 0 Å². The molecule has 0 saturated carbocycles. The van der Waals surface area contributed by atoms with Gasteiger partial charge in [0.05, 0.1) is 10.5 Å². The lowest BCUT2D eigenvalue weighted by atomic mass is 10.3. The predicted molar refractivity (Wildman–Crippen MR) is 77.2 cm³/mol. The van der Waals surface area contributed by atoms with Crippen molar-refractivity contribution in [2.45, 2.75) is 0 Å². The van der Waals surface area contributed by atoms with Crippen molar-refractivity contribution in [2.75, 3.05) is 5.73 Å². The number of ether oxygens (including phenoxy) is 1. The number of nitrogens with zero attached hydrogens (tertiary/aromatic N) is 1. The van der Waals surface area contributed by atoms with Crippen LogP contribution in [0.1, 0.15) is 0 Å². The van der Waals surface area contributed by atoms with E-state index in [1.165, 1.54) is 5.12 Å². The maximum atomic E-state index is 6.06. The number of hydrogen-bond acceptors (Lipinski definition) is 3. The fraction of sp³-hybridized carbons (Fsp3) is 0. The van der Waals surface area contributed by atoms with E-state index in [4.69, 9.17) is 22.1 Å². The fourth-order valence-electron chi connectivity index (χ4n) is 1.68. The molecule has 1 heterocycles. The first kappa shape index (κ1) is 11.4. The lowest BCUT2D eigenvalue weighted by molar-refractivity contribution is 0.481. The van der Waals surface area contributed by atoms with E-state index in [0.717, 1.165) is 5.52 Å². The Morgan fingerprint density at radius 1 is 1.17 bits per heavy atom. The van der Waals surface area contributed by atoms with Crippen LogP contribution in [0.15, 0.2) is 42.5 Å². The van der Waals surface area contributed by atoms with Crippen molar-refractivity contribution in [1.82, 2.24) is 4.98 Å². The Morgan fingerprint density at radius 3 is 2.78 bits per heavy atom. The second kappa shape index (κ2) is 4.52. The van der Waals surface area contributed by atoms with E-state index >= 15 is 0 Å². The first-order valence-electron chi connectivity index (χ1n) is 5.40. The summed E-state index contributed by atoms with van der Waals surface area (Å²) in [4.78, 5) is 4.43. The first-order chi connectivity index (χ1) is 8.72. The molecule has 1 atom stereocenters. The van der Waals surface area contributed by atoms with Crippen LogP contribution < -0.4 is 10.5 Å². The van der Waals surface area contributed by atoms with Crippen molar-refractivity contribution in [1.29, 1.82) is 0 Å². The summed E-state index contributed by atoms with van der Waals surface area (Å²) < 4.78 is 5.72. The average Bonchev–Trinajstić information content (AvgIpc) is 2.75. The Bertz CT molecular complexity index is 678. The summed E-state index contributed by atoms with van der Waals surface area (Å²) in [6, 6.07) is 13.2. The molecule has 3 nitrogen and oxygen atoms in total. The van der Waals surface area contributed by atoms with Gasteiger partial charge in [-0.1, -0.05) is 31.9 Å². The van der Waals surface area contributed by atoms with E-state index < -0.39 is 0 Å². The van der Waals surface area contributed by atoms with E-state index in [9.17, 15) is 0 Å². The lowest BCUT2D eigenvalue weighted by Gasteiger charge is -2.04. The molecule has 18 heavy (non-hydrogen) atoms. The molecule has 0 saturated heterocycles. The zero-order valence-corrected chi connectivity index (χ0v) is 11.1. The van der Waals surface area contributed by atoms with Gasteiger partial charge in [0, 0.05) is 10.8 Å². The molecule has 1 unspecified atom stereocenters. The van der Waals surface area contributed by atoms with Crippen molar-refractivity contribution in [3.8, 4) is 11.4 Å². The number of anilines is 1. The van der Waals surface area contributed by atoms with Crippen LogP contribution in [0.2, 0.25) is 5.02 Å². The van der Waals surface area contributed by atoms with Crippen LogP contribution in [0.5, 0.6) is 11.4 Å². The van der Waals surface area contributed by atoms with Gasteiger partial charge in [0.15, 0.2) is 0 Å². The molecule has 0 radical (unpaired) electrons. The molecule has 2 N–H and O–H groups in total. The molecule has 5 heteroatoms. The summed E-state index contributed by atoms with van der Waals surface area (Å²) in [7, 11) is 0.428. The summed E-state index contributed by atoms with van der Waals surface area (Å²) in [5.41, 5.74) is 7.91. The third-order valence-electron chi connectivity index (χ3n) is 2.53. The van der Waals surface area contributed by atoms with Crippen molar-refractivity contribution >= 4 is 36.1 Å². The van der Waals surface area contributed by atoms with Crippen molar-refractivity contribution < 1.29 is 4.74 Å². The maximum absolute atomic E-state index is 6.06. The van der Waals surface area contributed by atoms with Crippen LogP contribution >= 0.6 is 19.8 Å². The number of nitrogens with two attached hydrogens (primary N) is 1. The number of hydrogen-bond donors (Lipinski definition) is 1. The molecule has 0 aliphatic heterocycles. The van der Waals surface area contributed by atoms with E-state index in [0.29, 0.717) is 30.3 Å². The fourth-order valence-corrected chi connectivity index (χ4v) is 2.92. The third-order valence-corrected chi connectivity index (χ3v) is 3.95. The lowest BCUT2D eigenvalue weighted by Crippen LogP contribution is -1.87. The van der Waals surface area contributed by atoms with Crippen LogP contribution in [0.25, 0.3) is 10.6 Å². The van der Waals surface area contributed by atoms with Gasteiger partial charge in [-0.15, -0.1) is 0 Å². The van der Waals surface area contributed by atoms with Gasteiger partial charge in [-0.3, -0.25) is 0 Å². The van der Waals surface area contributed by atoms with Crippen molar-refractivity contribution in [2.24, 2.45) is 0 Å². The highest BCUT2D eigenvalue weighted by Gasteiger charge is 2.07. The average molecular weight is 277 g/mol. The molecule has 0 bridgehead atoms. The summed E-state index contributed by atoms with van der Waals surface area (Å²) in [6.45, 7) is 0. The van der Waals surface area contributed by atoms with E-state index in [2.05, 4.69) is 11.1 Å². The van der Waals surface area contributed by atoms with Gasteiger partial charge in [-0.2, -0.15) is 0 Å². The maximum Gasteiger partial charge on any atom is 0.235 e. The van der Waals surface area contributed by atoms with Crippen LogP contribution in [0.3, 0.4) is 0 Å². The summed E-state index contributed by atoms with van der Waals surface area (Å²) in [5.74, 6) is 0.588. The zero-order valence-electron chi connectivity index (χ0n) is 9.35. The molecule has 0 spiro atoms. The number of aromatic nitrogens is 1. The number of halogens is 1. The molecule has 3 aromatic rings. The minimum Gasteiger partial charge on any atom is -0.434 e. The standard InChI is InChI=1S/C13H10ClN2OP/c14-9-7-8(15)5-6-11(9)17-13-16-10-3-1-2-4-12(10)18-13/h1-7,18H,15H2. The summed E-state index contributed by atoms with van der Waals surface area (Å²) >= 11 is 6.06. The van der Waals surface area contributed by atoms with Crippen LogP contribution in [-0.2, 0) is 0 Å². The third kappa shape index (κ3) is 2.15. The molecule has 0 amide bonds. The number of benzene rings is 2. The highest BCUT2D eigenvalue weighted by molar-refractivity contribution is 7.39. The summed E-state index contributed by atoms with van der Waals surface area (Å²) in [5, 5.41) is 1.69. The molecule has 3 rings (SSSR count). The number of fused-ring (bicyclic) bond motifs is 1.